The van der Waals surface area contributed by atoms with E-state index in [0.29, 0.717) is 5.76 Å². The largest absolute Gasteiger partial charge is 0.464 e. The number of carbonyl (C=O) groups excluding carboxylic acids is 1. The number of aryl methyl sites for hydroxylation is 1. The molecular formula is C19H23FN2O4S. The summed E-state index contributed by atoms with van der Waals surface area (Å²) in [5.41, 5.74) is 0.755. The minimum Gasteiger partial charge on any atom is -0.464 e. The van der Waals surface area contributed by atoms with Crippen molar-refractivity contribution in [2.45, 2.75) is 38.9 Å². The molecule has 3 rings (SSSR count). The number of sulfonamides is 1. The molecule has 0 saturated heterocycles. The van der Waals surface area contributed by atoms with Crippen LogP contribution < -0.4 is 0 Å². The summed E-state index contributed by atoms with van der Waals surface area (Å²) in [6, 6.07) is 9.39. The number of carbonyl (C=O) groups is 1. The fourth-order valence-corrected chi connectivity index (χ4v) is 4.01. The highest BCUT2D eigenvalue weighted by atomic mass is 32.2. The van der Waals surface area contributed by atoms with Gasteiger partial charge in [0.15, 0.2) is 0 Å². The zero-order chi connectivity index (χ0) is 19.6. The van der Waals surface area contributed by atoms with Crippen molar-refractivity contribution in [2.24, 2.45) is 0 Å². The number of furan rings is 1. The van der Waals surface area contributed by atoms with Gasteiger partial charge in [-0.2, -0.15) is 4.31 Å². The average molecular weight is 394 g/mol. The van der Waals surface area contributed by atoms with Crippen LogP contribution in [0.25, 0.3) is 0 Å². The van der Waals surface area contributed by atoms with Crippen molar-refractivity contribution in [3.63, 3.8) is 0 Å². The predicted molar refractivity (Wildman–Crippen MR) is 98.7 cm³/mol. The normalized spacial score (nSPS) is 14.5. The Morgan fingerprint density at radius 2 is 1.81 bits per heavy atom. The molecule has 0 aliphatic heterocycles. The number of benzene rings is 1. The lowest BCUT2D eigenvalue weighted by molar-refractivity contribution is -0.133. The van der Waals surface area contributed by atoms with Crippen LogP contribution in [0.1, 0.15) is 29.9 Å². The van der Waals surface area contributed by atoms with Gasteiger partial charge in [0.1, 0.15) is 17.3 Å². The lowest BCUT2D eigenvalue weighted by Gasteiger charge is -2.26. The third-order valence-corrected chi connectivity index (χ3v) is 5.73. The van der Waals surface area contributed by atoms with Crippen molar-refractivity contribution in [3.05, 3.63) is 59.3 Å². The zero-order valence-electron chi connectivity index (χ0n) is 15.4. The molecule has 0 N–H and O–H groups in total. The summed E-state index contributed by atoms with van der Waals surface area (Å²) in [5, 5.41) is 0. The highest BCUT2D eigenvalue weighted by molar-refractivity contribution is 7.88. The molecule has 146 valence electrons. The molecule has 1 saturated carbocycles. The molecule has 0 bridgehead atoms. The molecule has 1 aliphatic rings. The number of amides is 1. The van der Waals surface area contributed by atoms with E-state index in [0.717, 1.165) is 30.4 Å². The Hall–Kier alpha value is -2.19. The second-order valence-electron chi connectivity index (χ2n) is 6.93. The Morgan fingerprint density at radius 3 is 2.33 bits per heavy atom. The quantitative estimate of drug-likeness (QED) is 0.690. The minimum absolute atomic E-state index is 0.0949. The molecule has 6 nitrogen and oxygen atoms in total. The zero-order valence-corrected chi connectivity index (χ0v) is 16.2. The van der Waals surface area contributed by atoms with Crippen LogP contribution in [0, 0.1) is 12.7 Å². The number of hydrogen-bond donors (Lipinski definition) is 0. The highest BCUT2D eigenvalue weighted by Gasteiger charge is 2.37. The SMILES string of the molecule is Cc1ccc(CN(Cc2ccc(F)cc2)C(=O)CN(C2CC2)S(C)(=O)=O)o1. The third kappa shape index (κ3) is 5.40. The van der Waals surface area contributed by atoms with Crippen LogP contribution in [0.2, 0.25) is 0 Å². The maximum atomic E-state index is 13.2. The van der Waals surface area contributed by atoms with E-state index >= 15 is 0 Å². The molecule has 1 amide bonds. The molecule has 1 fully saturated rings. The smallest absolute Gasteiger partial charge is 0.238 e. The Kier molecular flexibility index (Phi) is 5.67. The Bertz CT molecular complexity index is 904. The average Bonchev–Trinajstić information content (AvgIpc) is 3.34. The summed E-state index contributed by atoms with van der Waals surface area (Å²) >= 11 is 0. The molecule has 0 atom stereocenters. The second kappa shape index (κ2) is 7.82. The van der Waals surface area contributed by atoms with Gasteiger partial charge in [0.05, 0.1) is 19.3 Å². The van der Waals surface area contributed by atoms with E-state index in [4.69, 9.17) is 4.42 Å². The molecule has 2 aromatic rings. The van der Waals surface area contributed by atoms with Crippen LogP contribution in [0.15, 0.2) is 40.8 Å². The second-order valence-corrected chi connectivity index (χ2v) is 8.86. The Balaban J connectivity index is 1.78. The van der Waals surface area contributed by atoms with E-state index in [9.17, 15) is 17.6 Å². The van der Waals surface area contributed by atoms with Gasteiger partial charge in [-0.15, -0.1) is 0 Å². The van der Waals surface area contributed by atoms with E-state index in [1.165, 1.54) is 21.3 Å². The van der Waals surface area contributed by atoms with Crippen LogP contribution in [-0.4, -0.2) is 42.4 Å². The first-order chi connectivity index (χ1) is 12.7. The van der Waals surface area contributed by atoms with Gasteiger partial charge < -0.3 is 9.32 Å². The molecule has 1 heterocycles. The highest BCUT2D eigenvalue weighted by Crippen LogP contribution is 2.29. The third-order valence-electron chi connectivity index (χ3n) is 4.45. The molecule has 0 unspecified atom stereocenters. The monoisotopic (exact) mass is 394 g/mol. The van der Waals surface area contributed by atoms with Crippen molar-refractivity contribution in [2.75, 3.05) is 12.8 Å². The topological polar surface area (TPSA) is 70.8 Å². The summed E-state index contributed by atoms with van der Waals surface area (Å²) in [7, 11) is -3.46. The summed E-state index contributed by atoms with van der Waals surface area (Å²) in [4.78, 5) is 14.5. The van der Waals surface area contributed by atoms with Gasteiger partial charge in [0.2, 0.25) is 15.9 Å². The van der Waals surface area contributed by atoms with E-state index in [-0.39, 0.29) is 37.4 Å². The molecule has 27 heavy (non-hydrogen) atoms. The number of nitrogens with zero attached hydrogens (tertiary/aromatic N) is 2. The van der Waals surface area contributed by atoms with Gasteiger partial charge in [0, 0.05) is 12.6 Å². The van der Waals surface area contributed by atoms with Gasteiger partial charge in [-0.3, -0.25) is 4.79 Å². The molecule has 1 aromatic carbocycles. The first-order valence-electron chi connectivity index (χ1n) is 8.77. The van der Waals surface area contributed by atoms with Crippen LogP contribution in [0.3, 0.4) is 0 Å². The fourth-order valence-electron chi connectivity index (χ4n) is 2.91. The van der Waals surface area contributed by atoms with Crippen molar-refractivity contribution in [1.82, 2.24) is 9.21 Å². The van der Waals surface area contributed by atoms with Crippen molar-refractivity contribution >= 4 is 15.9 Å². The number of halogens is 1. The van der Waals surface area contributed by atoms with Gasteiger partial charge in [-0.25, -0.2) is 12.8 Å². The van der Waals surface area contributed by atoms with Gasteiger partial charge >= 0.3 is 0 Å². The number of hydrogen-bond acceptors (Lipinski definition) is 4. The molecule has 0 spiro atoms. The van der Waals surface area contributed by atoms with Crippen molar-refractivity contribution in [1.29, 1.82) is 0 Å². The molecule has 1 aliphatic carbocycles. The van der Waals surface area contributed by atoms with E-state index in [1.54, 1.807) is 18.2 Å². The lowest BCUT2D eigenvalue weighted by Crippen LogP contribution is -2.43. The van der Waals surface area contributed by atoms with Crippen molar-refractivity contribution < 1.29 is 22.0 Å². The van der Waals surface area contributed by atoms with Gasteiger partial charge in [-0.1, -0.05) is 12.1 Å². The van der Waals surface area contributed by atoms with Gasteiger partial charge in [0.25, 0.3) is 0 Å². The Morgan fingerprint density at radius 1 is 1.15 bits per heavy atom. The molecule has 8 heteroatoms. The van der Waals surface area contributed by atoms with Crippen molar-refractivity contribution in [3.8, 4) is 0 Å². The summed E-state index contributed by atoms with van der Waals surface area (Å²) < 4.78 is 44.0. The molecular weight excluding hydrogens is 371 g/mol. The minimum atomic E-state index is -3.46. The van der Waals surface area contributed by atoms with E-state index < -0.39 is 10.0 Å². The maximum absolute atomic E-state index is 13.2. The standard InChI is InChI=1S/C19H23FN2O4S/c1-14-3-10-18(26-14)12-21(11-15-4-6-16(20)7-5-15)19(23)13-22(17-8-9-17)27(2,24)25/h3-7,10,17H,8-9,11-13H2,1-2H3. The fraction of sp³-hybridized carbons (Fsp3) is 0.421. The summed E-state index contributed by atoms with van der Waals surface area (Å²) in [6.45, 7) is 2.06. The first kappa shape index (κ1) is 19.6. The van der Waals surface area contributed by atoms with Gasteiger partial charge in [-0.05, 0) is 49.6 Å². The predicted octanol–water partition coefficient (Wildman–Crippen LogP) is 2.68. The van der Waals surface area contributed by atoms with Crippen LogP contribution in [-0.2, 0) is 27.9 Å². The van der Waals surface area contributed by atoms with Crippen LogP contribution in [0.5, 0.6) is 0 Å². The lowest BCUT2D eigenvalue weighted by atomic mass is 10.2. The maximum Gasteiger partial charge on any atom is 0.238 e. The summed E-state index contributed by atoms with van der Waals surface area (Å²) in [5.74, 6) is 0.677. The number of rotatable bonds is 8. The van der Waals surface area contributed by atoms with Crippen LogP contribution >= 0.6 is 0 Å². The van der Waals surface area contributed by atoms with Crippen LogP contribution in [0.4, 0.5) is 4.39 Å². The molecule has 0 radical (unpaired) electrons. The van der Waals surface area contributed by atoms with E-state index in [1.807, 2.05) is 13.0 Å². The Labute approximate surface area is 158 Å². The summed E-state index contributed by atoms with van der Waals surface area (Å²) in [6.07, 6.45) is 2.67. The first-order valence-corrected chi connectivity index (χ1v) is 10.6. The molecule has 1 aromatic heterocycles. The van der Waals surface area contributed by atoms with E-state index in [2.05, 4.69) is 0 Å².